The smallest absolute Gasteiger partial charge is 0.312 e. The summed E-state index contributed by atoms with van der Waals surface area (Å²) >= 11 is 0. The molecular weight excluding hydrogens is 1250 g/mol. The Balaban J connectivity index is 0.768. The van der Waals surface area contributed by atoms with E-state index in [0.29, 0.717) is 154 Å². The minimum atomic E-state index is -5.59. The lowest BCUT2D eigenvalue weighted by Gasteiger charge is -2.38. The lowest BCUT2D eigenvalue weighted by atomic mass is 10.0. The maximum atomic E-state index is 14.1. The van der Waals surface area contributed by atoms with Crippen LogP contribution in [-0.2, 0) is 77.1 Å². The third kappa shape index (κ3) is 26.7. The molecule has 3 aromatic rings. The SMILES string of the molecule is C=C(CCOCCOCCOCCOCCOCCOCCOCCOCCOCCOCCC(=O)NCC1CN(S(=O)(=O)c2cccc(-c3ccc4c(c3)N=C(N)CC(C(=O)N(CCC)CCCNC(N)=O)=C4)c2)C1)Oc1c(F)c(F)c(S(=O)(=O)O)c(F)c1F. The van der Waals surface area contributed by atoms with E-state index < -0.39 is 60.1 Å². The second kappa shape index (κ2) is 40.7. The molecule has 3 aromatic carbocycles. The number of sulfonamides is 1. The monoisotopic (exact) mass is 1330 g/mol. The van der Waals surface area contributed by atoms with Gasteiger partial charge in [-0.1, -0.05) is 37.8 Å². The van der Waals surface area contributed by atoms with Gasteiger partial charge in [-0.3, -0.25) is 14.1 Å². The van der Waals surface area contributed by atoms with Crippen LogP contribution in [0.1, 0.15) is 44.6 Å². The average molecular weight is 1330 g/mol. The van der Waals surface area contributed by atoms with E-state index in [4.69, 9.17) is 68.1 Å². The molecule has 4 amide bonds. The van der Waals surface area contributed by atoms with Gasteiger partial charge in [-0.2, -0.15) is 21.5 Å². The quantitative estimate of drug-likeness (QED) is 0.0171. The Morgan fingerprint density at radius 2 is 1.15 bits per heavy atom. The first-order valence-electron chi connectivity index (χ1n) is 29.5. The molecule has 0 spiro atoms. The molecule has 7 N–H and O–H groups in total. The fourth-order valence-corrected chi connectivity index (χ4v) is 11.0. The number of hydrogen-bond acceptors (Lipinski definition) is 20. The highest BCUT2D eigenvalue weighted by Gasteiger charge is 2.37. The number of primary amides is 1. The van der Waals surface area contributed by atoms with Crippen molar-refractivity contribution in [1.29, 1.82) is 0 Å². The molecule has 2 aliphatic rings. The number of halogens is 4. The maximum absolute atomic E-state index is 14.1. The number of ether oxygens (including phenoxy) is 11. The molecule has 1 saturated heterocycles. The van der Waals surface area contributed by atoms with Crippen LogP contribution in [0.3, 0.4) is 0 Å². The van der Waals surface area contributed by atoms with Gasteiger partial charge in [-0.05, 0) is 48.2 Å². The first-order valence-corrected chi connectivity index (χ1v) is 32.4. The van der Waals surface area contributed by atoms with Crippen LogP contribution in [0.15, 0.2) is 75.2 Å². The minimum Gasteiger partial charge on any atom is -0.456 e. The summed E-state index contributed by atoms with van der Waals surface area (Å²) in [6.07, 6.45) is 3.22. The number of benzene rings is 3. The second-order valence-electron chi connectivity index (χ2n) is 20.3. The van der Waals surface area contributed by atoms with Crippen LogP contribution in [0.2, 0.25) is 0 Å². The third-order valence-corrected chi connectivity index (χ3v) is 16.0. The van der Waals surface area contributed by atoms with Crippen LogP contribution < -0.4 is 26.8 Å². The number of fused-ring (bicyclic) bond motifs is 1. The summed E-state index contributed by atoms with van der Waals surface area (Å²) in [6.45, 7) is 13.6. The van der Waals surface area contributed by atoms with Gasteiger partial charge in [-0.25, -0.2) is 27.0 Å². The fraction of sp³-hybridized carbons (Fsp3) is 0.559. The number of hydrogen-bond donors (Lipinski definition) is 5. The van der Waals surface area contributed by atoms with E-state index >= 15 is 0 Å². The average Bonchev–Trinajstić information content (AvgIpc) is 1.09. The molecule has 508 valence electrons. The number of amides is 4. The van der Waals surface area contributed by atoms with E-state index in [0.717, 1.165) is 12.0 Å². The summed E-state index contributed by atoms with van der Waals surface area (Å²) in [5.41, 5.74) is 14.6. The molecule has 0 radical (unpaired) electrons. The molecule has 2 aliphatic heterocycles. The first-order chi connectivity index (χ1) is 43.7. The zero-order valence-electron chi connectivity index (χ0n) is 50.9. The van der Waals surface area contributed by atoms with Crippen LogP contribution in [-0.4, -0.2) is 226 Å². The summed E-state index contributed by atoms with van der Waals surface area (Å²) < 4.78 is 175. The van der Waals surface area contributed by atoms with E-state index in [-0.39, 0.29) is 99.6 Å². The van der Waals surface area contributed by atoms with Crippen molar-refractivity contribution in [3.63, 3.8) is 0 Å². The van der Waals surface area contributed by atoms with E-state index in [1.54, 1.807) is 29.2 Å². The molecule has 32 heteroatoms. The van der Waals surface area contributed by atoms with Crippen molar-refractivity contribution in [3.05, 3.63) is 89.2 Å². The van der Waals surface area contributed by atoms with E-state index in [9.17, 15) is 48.8 Å². The zero-order valence-corrected chi connectivity index (χ0v) is 52.6. The maximum Gasteiger partial charge on any atom is 0.312 e. The van der Waals surface area contributed by atoms with Gasteiger partial charge in [0.2, 0.25) is 39.2 Å². The van der Waals surface area contributed by atoms with Crippen molar-refractivity contribution in [2.75, 3.05) is 171 Å². The number of carbonyl (C=O) groups is 3. The summed E-state index contributed by atoms with van der Waals surface area (Å²) in [4.78, 5) is 41.5. The molecule has 0 saturated carbocycles. The standard InChI is InChI=1S/C59H83F4N7O19S2/c1-3-13-69(14-5-12-66-59(65)73)58(72)47-35-46-9-8-45(37-49(46)68-50(64)38-47)44-6-4-7-48(36-44)90(74,75)70-40-43(41-70)39-67-51(71)11-16-80-18-20-82-22-24-84-26-28-86-30-32-88-34-33-87-31-29-85-27-25-83-23-21-81-19-17-79-15-10-42(2)89-56-52(60)54(62)57(91(76,77)78)55(63)53(56)61/h4,6-9,35-37,43H,2-3,5,10-34,38-41H2,1H3,(H2,64,68)(H,67,71)(H3,65,66,73)(H,76,77,78). The predicted octanol–water partition coefficient (Wildman–Crippen LogP) is 4.51. The predicted molar refractivity (Wildman–Crippen MR) is 323 cm³/mol. The van der Waals surface area contributed by atoms with Crippen LogP contribution in [0.4, 0.5) is 28.0 Å². The van der Waals surface area contributed by atoms with Crippen molar-refractivity contribution >= 4 is 55.6 Å². The number of nitrogens with zero attached hydrogens (tertiary/aromatic N) is 3. The lowest BCUT2D eigenvalue weighted by molar-refractivity contribution is -0.127. The topological polar surface area (TPSA) is 336 Å². The first kappa shape index (κ1) is 75.5. The Morgan fingerprint density at radius 3 is 1.64 bits per heavy atom. The highest BCUT2D eigenvalue weighted by molar-refractivity contribution is 7.89. The normalized spacial score (nSPS) is 13.6. The number of urea groups is 1. The molecule has 5 rings (SSSR count). The summed E-state index contributed by atoms with van der Waals surface area (Å²) in [7, 11) is -9.41. The van der Waals surface area contributed by atoms with Gasteiger partial charge in [0.25, 0.3) is 0 Å². The van der Waals surface area contributed by atoms with Crippen LogP contribution in [0.5, 0.6) is 5.75 Å². The Labute approximate surface area is 527 Å². The van der Waals surface area contributed by atoms with Gasteiger partial charge >= 0.3 is 16.1 Å². The van der Waals surface area contributed by atoms with Crippen molar-refractivity contribution in [3.8, 4) is 16.9 Å². The molecule has 26 nitrogen and oxygen atoms in total. The Bertz CT molecular complexity index is 3080. The summed E-state index contributed by atoms with van der Waals surface area (Å²) in [5.74, 6) is -11.1. The Morgan fingerprint density at radius 1 is 0.670 bits per heavy atom. The van der Waals surface area contributed by atoms with Crippen LogP contribution >= 0.6 is 0 Å². The van der Waals surface area contributed by atoms with Gasteiger partial charge in [-0.15, -0.1) is 0 Å². The molecule has 2 heterocycles. The van der Waals surface area contributed by atoms with Gasteiger partial charge in [0.05, 0.1) is 148 Å². The number of aliphatic imine (C=N–C) groups is 1. The number of nitrogens with one attached hydrogen (secondary N) is 2. The Kier molecular flexibility index (Phi) is 33.7. The van der Waals surface area contributed by atoms with Gasteiger partial charge in [0.15, 0.2) is 16.5 Å². The molecule has 0 aromatic heterocycles. The van der Waals surface area contributed by atoms with Gasteiger partial charge < -0.3 is 79.1 Å². The third-order valence-electron chi connectivity index (χ3n) is 13.3. The van der Waals surface area contributed by atoms with E-state index in [2.05, 4.69) is 22.2 Å². The largest absolute Gasteiger partial charge is 0.456 e. The highest BCUT2D eigenvalue weighted by Crippen LogP contribution is 2.36. The number of nitrogens with two attached hydrogens (primary N) is 2. The summed E-state index contributed by atoms with van der Waals surface area (Å²) in [6, 6.07) is 11.5. The number of carbonyl (C=O) groups excluding carboxylic acids is 3. The number of amidine groups is 1. The highest BCUT2D eigenvalue weighted by atomic mass is 32.2. The lowest BCUT2D eigenvalue weighted by Crippen LogP contribution is -2.53. The van der Waals surface area contributed by atoms with Gasteiger partial charge in [0, 0.05) is 75.6 Å². The molecule has 91 heavy (non-hydrogen) atoms. The summed E-state index contributed by atoms with van der Waals surface area (Å²) in [5, 5.41) is 5.41. The Hall–Kier alpha value is -6.24. The molecule has 0 atom stereocenters. The molecule has 0 aliphatic carbocycles. The van der Waals surface area contributed by atoms with Crippen LogP contribution in [0, 0.1) is 29.2 Å². The molecule has 0 bridgehead atoms. The van der Waals surface area contributed by atoms with E-state index in [1.807, 2.05) is 31.2 Å². The zero-order chi connectivity index (χ0) is 66.0. The minimum absolute atomic E-state index is 0.0427. The number of rotatable bonds is 48. The van der Waals surface area contributed by atoms with Crippen molar-refractivity contribution in [2.24, 2.45) is 22.4 Å². The van der Waals surface area contributed by atoms with Gasteiger partial charge in [0.1, 0.15) is 5.84 Å². The van der Waals surface area contributed by atoms with Crippen molar-refractivity contribution in [1.82, 2.24) is 19.8 Å². The van der Waals surface area contributed by atoms with E-state index in [1.165, 1.54) is 4.31 Å². The van der Waals surface area contributed by atoms with Crippen molar-refractivity contribution < 1.29 is 105 Å². The molecular formula is C59H83F4N7O19S2. The van der Waals surface area contributed by atoms with Crippen molar-refractivity contribution in [2.45, 2.75) is 48.8 Å². The second-order valence-corrected chi connectivity index (χ2v) is 23.6. The molecule has 0 unspecified atom stereocenters. The van der Waals surface area contributed by atoms with Crippen LogP contribution in [0.25, 0.3) is 17.2 Å². The molecule has 1 fully saturated rings. The fourth-order valence-electron chi connectivity index (χ4n) is 8.69.